The predicted molar refractivity (Wildman–Crippen MR) is 84.4 cm³/mol. The number of carbonyl (C=O) groups excluding carboxylic acids is 1. The first kappa shape index (κ1) is 15.9. The SMILES string of the molecule is CCS(=O)(=O)CCNC(=O)Cc1c[nH]c2cc(Cl)ccc12. The summed E-state index contributed by atoms with van der Waals surface area (Å²) in [5, 5.41) is 4.20. The number of hydrogen-bond acceptors (Lipinski definition) is 3. The first-order valence-corrected chi connectivity index (χ1v) is 8.84. The zero-order valence-corrected chi connectivity index (χ0v) is 13.2. The molecule has 0 aliphatic carbocycles. The number of sulfone groups is 1. The highest BCUT2D eigenvalue weighted by Gasteiger charge is 2.11. The standard InChI is InChI=1S/C14H17ClN2O3S/c1-2-21(19,20)6-5-16-14(18)7-10-9-17-13-8-11(15)3-4-12(10)13/h3-4,8-9,17H,2,5-7H2,1H3,(H,16,18). The van der Waals surface area contributed by atoms with E-state index in [1.54, 1.807) is 25.3 Å². The van der Waals surface area contributed by atoms with Gasteiger partial charge < -0.3 is 10.3 Å². The van der Waals surface area contributed by atoms with Crippen LogP contribution in [-0.2, 0) is 21.1 Å². The lowest BCUT2D eigenvalue weighted by Crippen LogP contribution is -2.30. The van der Waals surface area contributed by atoms with Gasteiger partial charge in [0.05, 0.1) is 12.2 Å². The number of H-pyrrole nitrogens is 1. The normalized spacial score (nSPS) is 11.7. The molecule has 2 aromatic rings. The fourth-order valence-electron chi connectivity index (χ4n) is 2.03. The van der Waals surface area contributed by atoms with Gasteiger partial charge in [-0.05, 0) is 17.7 Å². The fraction of sp³-hybridized carbons (Fsp3) is 0.357. The molecule has 1 heterocycles. The molecule has 5 nitrogen and oxygen atoms in total. The lowest BCUT2D eigenvalue weighted by molar-refractivity contribution is -0.120. The van der Waals surface area contributed by atoms with Crippen LogP contribution in [0.25, 0.3) is 10.9 Å². The quantitative estimate of drug-likeness (QED) is 0.850. The van der Waals surface area contributed by atoms with Gasteiger partial charge in [0, 0.05) is 34.4 Å². The maximum Gasteiger partial charge on any atom is 0.224 e. The molecule has 21 heavy (non-hydrogen) atoms. The second kappa shape index (κ2) is 6.49. The third-order valence-electron chi connectivity index (χ3n) is 3.26. The summed E-state index contributed by atoms with van der Waals surface area (Å²) in [6, 6.07) is 5.43. The van der Waals surface area contributed by atoms with Crippen molar-refractivity contribution in [2.24, 2.45) is 0 Å². The number of fused-ring (bicyclic) bond motifs is 1. The molecule has 1 aromatic heterocycles. The lowest BCUT2D eigenvalue weighted by Gasteiger charge is -2.05. The Balaban J connectivity index is 1.96. The van der Waals surface area contributed by atoms with Crippen LogP contribution in [0.2, 0.25) is 5.02 Å². The van der Waals surface area contributed by atoms with E-state index in [-0.39, 0.29) is 30.4 Å². The summed E-state index contributed by atoms with van der Waals surface area (Å²) in [5.41, 5.74) is 1.73. The van der Waals surface area contributed by atoms with Crippen molar-refractivity contribution in [1.82, 2.24) is 10.3 Å². The van der Waals surface area contributed by atoms with Gasteiger partial charge in [-0.25, -0.2) is 8.42 Å². The first-order chi connectivity index (χ1) is 9.91. The van der Waals surface area contributed by atoms with Gasteiger partial charge in [0.1, 0.15) is 0 Å². The summed E-state index contributed by atoms with van der Waals surface area (Å²) in [7, 11) is -3.05. The molecule has 2 rings (SSSR count). The molecule has 0 aliphatic rings. The first-order valence-electron chi connectivity index (χ1n) is 6.64. The zero-order chi connectivity index (χ0) is 15.5. The monoisotopic (exact) mass is 328 g/mol. The third-order valence-corrected chi connectivity index (χ3v) is 5.20. The van der Waals surface area contributed by atoms with Crippen LogP contribution in [0.4, 0.5) is 0 Å². The number of rotatable bonds is 6. The molecule has 1 aromatic carbocycles. The number of amides is 1. The van der Waals surface area contributed by atoms with Crippen LogP contribution in [0.5, 0.6) is 0 Å². The van der Waals surface area contributed by atoms with Gasteiger partial charge in [-0.2, -0.15) is 0 Å². The van der Waals surface area contributed by atoms with E-state index in [4.69, 9.17) is 11.6 Å². The van der Waals surface area contributed by atoms with Crippen molar-refractivity contribution in [3.63, 3.8) is 0 Å². The van der Waals surface area contributed by atoms with E-state index in [1.165, 1.54) is 0 Å². The Morgan fingerprint density at radius 3 is 2.86 bits per heavy atom. The number of hydrogen-bond donors (Lipinski definition) is 2. The maximum absolute atomic E-state index is 11.8. The molecule has 0 spiro atoms. The molecular weight excluding hydrogens is 312 g/mol. The van der Waals surface area contributed by atoms with Gasteiger partial charge in [0.15, 0.2) is 9.84 Å². The number of carbonyl (C=O) groups is 1. The van der Waals surface area contributed by atoms with Crippen molar-refractivity contribution in [3.8, 4) is 0 Å². The van der Waals surface area contributed by atoms with Crippen molar-refractivity contribution in [2.75, 3.05) is 18.1 Å². The molecule has 0 unspecified atom stereocenters. The molecule has 7 heteroatoms. The van der Waals surface area contributed by atoms with Gasteiger partial charge in [0.2, 0.25) is 5.91 Å². The van der Waals surface area contributed by atoms with E-state index in [2.05, 4.69) is 10.3 Å². The van der Waals surface area contributed by atoms with Crippen LogP contribution >= 0.6 is 11.6 Å². The molecule has 0 saturated carbocycles. The average Bonchev–Trinajstić information content (AvgIpc) is 2.80. The van der Waals surface area contributed by atoms with Gasteiger partial charge in [-0.3, -0.25) is 4.79 Å². The Morgan fingerprint density at radius 1 is 1.38 bits per heavy atom. The number of aromatic amines is 1. The molecule has 0 atom stereocenters. The Hall–Kier alpha value is -1.53. The Morgan fingerprint density at radius 2 is 2.14 bits per heavy atom. The summed E-state index contributed by atoms with van der Waals surface area (Å²) >= 11 is 5.90. The number of nitrogens with one attached hydrogen (secondary N) is 2. The molecule has 0 radical (unpaired) electrons. The molecular formula is C14H17ClN2O3S. The van der Waals surface area contributed by atoms with E-state index >= 15 is 0 Å². The van der Waals surface area contributed by atoms with Crippen molar-refractivity contribution < 1.29 is 13.2 Å². The minimum absolute atomic E-state index is 0.0290. The highest BCUT2D eigenvalue weighted by molar-refractivity contribution is 7.91. The smallest absolute Gasteiger partial charge is 0.224 e. The third kappa shape index (κ3) is 4.22. The Kier molecular flexibility index (Phi) is 4.90. The van der Waals surface area contributed by atoms with E-state index in [1.807, 2.05) is 6.07 Å². The highest BCUT2D eigenvalue weighted by Crippen LogP contribution is 2.22. The van der Waals surface area contributed by atoms with Crippen molar-refractivity contribution in [1.29, 1.82) is 0 Å². The maximum atomic E-state index is 11.8. The Bertz CT molecular complexity index is 753. The average molecular weight is 329 g/mol. The zero-order valence-electron chi connectivity index (χ0n) is 11.6. The van der Waals surface area contributed by atoms with Crippen LogP contribution in [-0.4, -0.2) is 37.4 Å². The molecule has 1 amide bonds. The number of benzene rings is 1. The topological polar surface area (TPSA) is 79.0 Å². The number of aromatic nitrogens is 1. The molecule has 0 saturated heterocycles. The summed E-state index contributed by atoms with van der Waals surface area (Å²) in [6.07, 6.45) is 1.97. The molecule has 0 fully saturated rings. The summed E-state index contributed by atoms with van der Waals surface area (Å²) < 4.78 is 22.7. The second-order valence-electron chi connectivity index (χ2n) is 4.77. The second-order valence-corrected chi connectivity index (χ2v) is 7.68. The molecule has 114 valence electrons. The fourth-order valence-corrected chi connectivity index (χ4v) is 2.90. The lowest BCUT2D eigenvalue weighted by atomic mass is 10.1. The van der Waals surface area contributed by atoms with E-state index in [0.29, 0.717) is 5.02 Å². The van der Waals surface area contributed by atoms with Crippen LogP contribution in [0.1, 0.15) is 12.5 Å². The van der Waals surface area contributed by atoms with Crippen molar-refractivity contribution >= 4 is 38.2 Å². The summed E-state index contributed by atoms with van der Waals surface area (Å²) in [6.45, 7) is 1.73. The number of halogens is 1. The van der Waals surface area contributed by atoms with Crippen molar-refractivity contribution in [2.45, 2.75) is 13.3 Å². The molecule has 2 N–H and O–H groups in total. The van der Waals surface area contributed by atoms with Gasteiger partial charge in [-0.1, -0.05) is 24.6 Å². The minimum Gasteiger partial charge on any atom is -0.361 e. The van der Waals surface area contributed by atoms with Gasteiger partial charge >= 0.3 is 0 Å². The van der Waals surface area contributed by atoms with E-state index in [0.717, 1.165) is 16.5 Å². The van der Waals surface area contributed by atoms with E-state index < -0.39 is 9.84 Å². The van der Waals surface area contributed by atoms with Crippen LogP contribution in [0.15, 0.2) is 24.4 Å². The van der Waals surface area contributed by atoms with Gasteiger partial charge in [-0.15, -0.1) is 0 Å². The van der Waals surface area contributed by atoms with Crippen LogP contribution in [0, 0.1) is 0 Å². The van der Waals surface area contributed by atoms with E-state index in [9.17, 15) is 13.2 Å². The van der Waals surface area contributed by atoms with Crippen LogP contribution < -0.4 is 5.32 Å². The molecule has 0 aliphatic heterocycles. The van der Waals surface area contributed by atoms with Gasteiger partial charge in [0.25, 0.3) is 0 Å². The van der Waals surface area contributed by atoms with Crippen molar-refractivity contribution in [3.05, 3.63) is 35.0 Å². The Labute approximate surface area is 128 Å². The highest BCUT2D eigenvalue weighted by atomic mass is 35.5. The largest absolute Gasteiger partial charge is 0.361 e. The summed E-state index contributed by atoms with van der Waals surface area (Å²) in [4.78, 5) is 14.9. The summed E-state index contributed by atoms with van der Waals surface area (Å²) in [5.74, 6) is -0.137. The molecule has 0 bridgehead atoms. The predicted octanol–water partition coefficient (Wildman–Crippen LogP) is 1.91. The minimum atomic E-state index is -3.05. The van der Waals surface area contributed by atoms with Crippen LogP contribution in [0.3, 0.4) is 0 Å².